The van der Waals surface area contributed by atoms with Gasteiger partial charge in [0.2, 0.25) is 0 Å². The number of rotatable bonds is 4. The van der Waals surface area contributed by atoms with Crippen molar-refractivity contribution in [3.8, 4) is 11.4 Å². The molecule has 2 heterocycles. The van der Waals surface area contributed by atoms with Gasteiger partial charge in [-0.3, -0.25) is 9.59 Å². The van der Waals surface area contributed by atoms with Gasteiger partial charge < -0.3 is 9.13 Å². The number of hydrogen-bond donors (Lipinski definition) is 0. The van der Waals surface area contributed by atoms with Gasteiger partial charge in [-0.2, -0.15) is 0 Å². The summed E-state index contributed by atoms with van der Waals surface area (Å²) in [6, 6.07) is 35.6. The van der Waals surface area contributed by atoms with Gasteiger partial charge in [0, 0.05) is 43.6 Å². The molecule has 0 fully saturated rings. The van der Waals surface area contributed by atoms with Crippen molar-refractivity contribution in [1.29, 1.82) is 0 Å². The Morgan fingerprint density at radius 2 is 0.825 bits per heavy atom. The molecule has 0 N–H and O–H groups in total. The standard InChI is InChI=1S/C34H22Br2N2O2/c35-19-21-9-13-23(14-10-21)37-29-7-3-1-5-25(29)33(39)27-17-32-28(18-31(27)37)34(40)26-6-2-4-8-30(26)38(32)24-15-11-22(20-36)12-16-24/h1-18H,19-20H2. The molecule has 0 saturated carbocycles. The van der Waals surface area contributed by atoms with Crippen LogP contribution in [0.15, 0.2) is 119 Å². The van der Waals surface area contributed by atoms with E-state index in [9.17, 15) is 9.59 Å². The Balaban J connectivity index is 1.68. The number of halogens is 2. The third-order valence-corrected chi connectivity index (χ3v) is 8.86. The normalized spacial score (nSPS) is 11.7. The van der Waals surface area contributed by atoms with Crippen molar-refractivity contribution in [2.75, 3.05) is 0 Å². The predicted molar refractivity (Wildman–Crippen MR) is 173 cm³/mol. The Labute approximate surface area is 246 Å². The molecule has 0 radical (unpaired) electrons. The third-order valence-electron chi connectivity index (χ3n) is 7.56. The Morgan fingerprint density at radius 3 is 1.20 bits per heavy atom. The molecule has 0 aliphatic carbocycles. The van der Waals surface area contributed by atoms with Crippen molar-refractivity contribution in [2.24, 2.45) is 0 Å². The van der Waals surface area contributed by atoms with Crippen LogP contribution in [-0.2, 0) is 10.7 Å². The van der Waals surface area contributed by atoms with Gasteiger partial charge in [-0.25, -0.2) is 0 Å². The SMILES string of the molecule is O=c1c2ccccc2n(-c2ccc(CBr)cc2)c2cc3c(=O)c4ccccc4n(-c4ccc(CBr)cc4)c3cc12. The number of alkyl halides is 2. The first-order chi connectivity index (χ1) is 19.6. The molecular weight excluding hydrogens is 628 g/mol. The van der Waals surface area contributed by atoms with Crippen LogP contribution in [0.5, 0.6) is 0 Å². The lowest BCUT2D eigenvalue weighted by Gasteiger charge is -2.19. The minimum absolute atomic E-state index is 0.0531. The lowest BCUT2D eigenvalue weighted by Crippen LogP contribution is -2.14. The predicted octanol–water partition coefficient (Wildman–Crippen LogP) is 8.39. The number of fused-ring (bicyclic) bond motifs is 4. The van der Waals surface area contributed by atoms with Gasteiger partial charge in [-0.05, 0) is 71.8 Å². The van der Waals surface area contributed by atoms with Crippen molar-refractivity contribution in [1.82, 2.24) is 9.13 Å². The van der Waals surface area contributed by atoms with Gasteiger partial charge in [-0.15, -0.1) is 0 Å². The Morgan fingerprint density at radius 1 is 0.450 bits per heavy atom. The second-order valence-electron chi connectivity index (χ2n) is 9.85. The molecule has 194 valence electrons. The smallest absolute Gasteiger partial charge is 0.197 e. The average molecular weight is 650 g/mol. The van der Waals surface area contributed by atoms with Crippen LogP contribution in [0.3, 0.4) is 0 Å². The van der Waals surface area contributed by atoms with Crippen molar-refractivity contribution in [3.63, 3.8) is 0 Å². The number of aromatic nitrogens is 2. The molecule has 6 heteroatoms. The summed E-state index contributed by atoms with van der Waals surface area (Å²) >= 11 is 7.06. The summed E-state index contributed by atoms with van der Waals surface area (Å²) in [5, 5.41) is 3.91. The van der Waals surface area contributed by atoms with E-state index < -0.39 is 0 Å². The molecule has 0 bridgehead atoms. The van der Waals surface area contributed by atoms with E-state index in [4.69, 9.17) is 0 Å². The van der Waals surface area contributed by atoms with Crippen molar-refractivity contribution in [2.45, 2.75) is 10.7 Å². The lowest BCUT2D eigenvalue weighted by atomic mass is 10.0. The van der Waals surface area contributed by atoms with E-state index in [1.807, 2.05) is 60.7 Å². The van der Waals surface area contributed by atoms with E-state index in [1.165, 1.54) is 0 Å². The maximum absolute atomic E-state index is 14.0. The molecule has 0 aliphatic rings. The number of nitrogens with zero attached hydrogens (tertiary/aromatic N) is 2. The second kappa shape index (κ2) is 9.88. The first-order valence-electron chi connectivity index (χ1n) is 12.9. The first kappa shape index (κ1) is 25.0. The highest BCUT2D eigenvalue weighted by Gasteiger charge is 2.18. The zero-order valence-corrected chi connectivity index (χ0v) is 24.4. The fourth-order valence-electron chi connectivity index (χ4n) is 5.61. The number of para-hydroxylation sites is 2. The van der Waals surface area contributed by atoms with Crippen LogP contribution in [0.1, 0.15) is 11.1 Å². The lowest BCUT2D eigenvalue weighted by molar-refractivity contribution is 1.14. The molecule has 0 unspecified atom stereocenters. The Kier molecular flexibility index (Phi) is 6.17. The van der Waals surface area contributed by atoms with Gasteiger partial charge in [0.1, 0.15) is 0 Å². The summed E-state index contributed by atoms with van der Waals surface area (Å²) in [7, 11) is 0. The molecule has 0 saturated heterocycles. The summed E-state index contributed by atoms with van der Waals surface area (Å²) in [5.74, 6) is 0. The third kappa shape index (κ3) is 3.86. The van der Waals surface area contributed by atoms with Crippen LogP contribution in [0, 0.1) is 0 Å². The summed E-state index contributed by atoms with van der Waals surface area (Å²) in [4.78, 5) is 28.0. The Hall–Kier alpha value is -4.00. The molecule has 7 aromatic rings. The van der Waals surface area contributed by atoms with E-state index in [1.54, 1.807) is 0 Å². The van der Waals surface area contributed by atoms with Crippen LogP contribution in [-0.4, -0.2) is 9.13 Å². The van der Waals surface area contributed by atoms with E-state index in [0.717, 1.165) is 44.2 Å². The summed E-state index contributed by atoms with van der Waals surface area (Å²) in [6.45, 7) is 0. The van der Waals surface area contributed by atoms with Gasteiger partial charge in [0.25, 0.3) is 0 Å². The molecule has 0 atom stereocenters. The first-order valence-corrected chi connectivity index (χ1v) is 15.2. The molecule has 40 heavy (non-hydrogen) atoms. The number of benzene rings is 5. The van der Waals surface area contributed by atoms with Crippen LogP contribution < -0.4 is 10.9 Å². The maximum Gasteiger partial charge on any atom is 0.197 e. The van der Waals surface area contributed by atoms with E-state index in [-0.39, 0.29) is 10.9 Å². The summed E-state index contributed by atoms with van der Waals surface area (Å²) < 4.78 is 4.18. The fourth-order valence-corrected chi connectivity index (χ4v) is 6.35. The highest BCUT2D eigenvalue weighted by Crippen LogP contribution is 2.30. The van der Waals surface area contributed by atoms with Crippen molar-refractivity contribution in [3.05, 3.63) is 141 Å². The topological polar surface area (TPSA) is 44.0 Å². The van der Waals surface area contributed by atoms with Gasteiger partial charge in [0.05, 0.1) is 22.1 Å². The van der Waals surface area contributed by atoms with E-state index >= 15 is 0 Å². The highest BCUT2D eigenvalue weighted by atomic mass is 79.9. The van der Waals surface area contributed by atoms with Crippen LogP contribution >= 0.6 is 31.9 Å². The molecule has 7 rings (SSSR count). The van der Waals surface area contributed by atoms with Gasteiger partial charge in [0.15, 0.2) is 10.9 Å². The second-order valence-corrected chi connectivity index (χ2v) is 11.0. The van der Waals surface area contributed by atoms with Crippen molar-refractivity contribution >= 4 is 75.5 Å². The molecular formula is C34H22Br2N2O2. The van der Waals surface area contributed by atoms with Crippen molar-refractivity contribution < 1.29 is 0 Å². The van der Waals surface area contributed by atoms with E-state index in [2.05, 4.69) is 89.5 Å². The zero-order valence-electron chi connectivity index (χ0n) is 21.3. The molecule has 0 aliphatic heterocycles. The number of hydrogen-bond acceptors (Lipinski definition) is 2. The van der Waals surface area contributed by atoms with Crippen LogP contribution in [0.2, 0.25) is 0 Å². The average Bonchev–Trinajstić information content (AvgIpc) is 3.01. The monoisotopic (exact) mass is 648 g/mol. The Bertz CT molecular complexity index is 2050. The molecule has 0 spiro atoms. The number of pyridine rings is 2. The highest BCUT2D eigenvalue weighted by molar-refractivity contribution is 9.08. The molecule has 5 aromatic carbocycles. The molecule has 4 nitrogen and oxygen atoms in total. The van der Waals surface area contributed by atoms with E-state index in [0.29, 0.717) is 32.6 Å². The largest absolute Gasteiger partial charge is 0.309 e. The van der Waals surface area contributed by atoms with Gasteiger partial charge >= 0.3 is 0 Å². The molecule has 2 aromatic heterocycles. The summed E-state index contributed by atoms with van der Waals surface area (Å²) in [5.41, 5.74) is 7.08. The quantitative estimate of drug-likeness (QED) is 0.142. The zero-order chi connectivity index (χ0) is 27.4. The fraction of sp³-hybridized carbons (Fsp3) is 0.0588. The summed E-state index contributed by atoms with van der Waals surface area (Å²) in [6.07, 6.45) is 0. The minimum atomic E-state index is -0.0531. The van der Waals surface area contributed by atoms with Crippen LogP contribution in [0.4, 0.5) is 0 Å². The minimum Gasteiger partial charge on any atom is -0.309 e. The maximum atomic E-state index is 14.0. The van der Waals surface area contributed by atoms with Crippen LogP contribution in [0.25, 0.3) is 55.0 Å². The van der Waals surface area contributed by atoms with Gasteiger partial charge in [-0.1, -0.05) is 80.4 Å². The molecule has 0 amide bonds.